The highest BCUT2D eigenvalue weighted by Gasteiger charge is 2.04. The lowest BCUT2D eigenvalue weighted by Crippen LogP contribution is -1.82. The zero-order valence-corrected chi connectivity index (χ0v) is 6.82. The van der Waals surface area contributed by atoms with Gasteiger partial charge in [0.15, 0.2) is 0 Å². The van der Waals surface area contributed by atoms with Crippen LogP contribution in [0.15, 0.2) is 35.5 Å². The summed E-state index contributed by atoms with van der Waals surface area (Å²) >= 11 is 5.82. The number of furan rings is 1. The molecule has 0 aliphatic heterocycles. The molecule has 0 amide bonds. The van der Waals surface area contributed by atoms with Crippen LogP contribution in [0.5, 0.6) is 0 Å². The molecule has 0 aliphatic carbocycles. The molecule has 0 saturated heterocycles. The number of hydrogen-bond donors (Lipinski definition) is 0. The van der Waals surface area contributed by atoms with Gasteiger partial charge in [0.2, 0.25) is 0 Å². The van der Waals surface area contributed by atoms with Crippen LogP contribution in [0.3, 0.4) is 0 Å². The zero-order chi connectivity index (χ0) is 8.39. The van der Waals surface area contributed by atoms with E-state index in [-0.39, 0.29) is 0 Å². The monoisotopic (exact) mass is 180 g/mol. The Labute approximate surface area is 74.0 Å². The van der Waals surface area contributed by atoms with E-state index < -0.39 is 0 Å². The summed E-state index contributed by atoms with van der Waals surface area (Å²) in [5.74, 6) is 0. The van der Waals surface area contributed by atoms with Crippen LogP contribution in [-0.2, 0) is 0 Å². The molecule has 0 unspecified atom stereocenters. The van der Waals surface area contributed by atoms with E-state index in [4.69, 9.17) is 16.0 Å². The van der Waals surface area contributed by atoms with E-state index in [1.54, 1.807) is 18.7 Å². The predicted molar refractivity (Wildman–Crippen MR) is 44.7 cm³/mol. The minimum absolute atomic E-state index is 0.436. The van der Waals surface area contributed by atoms with Gasteiger partial charge in [-0.1, -0.05) is 11.6 Å². The molecule has 0 atom stereocenters. The van der Waals surface area contributed by atoms with Crippen molar-refractivity contribution in [3.8, 4) is 11.1 Å². The van der Waals surface area contributed by atoms with E-state index in [9.17, 15) is 0 Å². The maximum atomic E-state index is 5.82. The maximum absolute atomic E-state index is 5.82. The predicted octanol–water partition coefficient (Wildman–Crippen LogP) is 2.39. The highest BCUT2D eigenvalue weighted by molar-refractivity contribution is 6.32. The summed E-state index contributed by atoms with van der Waals surface area (Å²) in [4.78, 5) is 7.71. The number of hydrogen-bond acceptors (Lipinski definition) is 3. The van der Waals surface area contributed by atoms with E-state index in [1.165, 1.54) is 6.33 Å². The molecule has 4 heteroatoms. The molecule has 0 aromatic carbocycles. The molecule has 0 spiro atoms. The standard InChI is InChI=1S/C8H5ClN2O/c9-8-7(3-10-5-11-8)6-1-2-12-4-6/h1-5H. The van der Waals surface area contributed by atoms with Crippen LogP contribution in [-0.4, -0.2) is 9.97 Å². The third-order valence-corrected chi connectivity index (χ3v) is 1.80. The van der Waals surface area contributed by atoms with Gasteiger partial charge in [-0.05, 0) is 6.07 Å². The van der Waals surface area contributed by atoms with Gasteiger partial charge in [0, 0.05) is 17.3 Å². The normalized spacial score (nSPS) is 10.1. The fourth-order valence-corrected chi connectivity index (χ4v) is 1.13. The highest BCUT2D eigenvalue weighted by atomic mass is 35.5. The molecule has 60 valence electrons. The molecule has 2 heterocycles. The molecule has 0 N–H and O–H groups in total. The van der Waals surface area contributed by atoms with Crippen LogP contribution >= 0.6 is 11.6 Å². The van der Waals surface area contributed by atoms with Crippen LogP contribution in [0, 0.1) is 0 Å². The summed E-state index contributed by atoms with van der Waals surface area (Å²) < 4.78 is 4.91. The first-order chi connectivity index (χ1) is 5.88. The minimum Gasteiger partial charge on any atom is -0.472 e. The van der Waals surface area contributed by atoms with Crippen molar-refractivity contribution < 1.29 is 4.42 Å². The molecule has 0 aliphatic rings. The third-order valence-electron chi connectivity index (χ3n) is 1.50. The van der Waals surface area contributed by atoms with E-state index in [0.29, 0.717) is 5.15 Å². The van der Waals surface area contributed by atoms with Gasteiger partial charge in [-0.25, -0.2) is 9.97 Å². The van der Waals surface area contributed by atoms with Crippen molar-refractivity contribution in [2.75, 3.05) is 0 Å². The molecule has 0 bridgehead atoms. The fourth-order valence-electron chi connectivity index (χ4n) is 0.926. The average Bonchev–Trinajstić information content (AvgIpc) is 2.57. The Morgan fingerprint density at radius 1 is 1.42 bits per heavy atom. The van der Waals surface area contributed by atoms with Gasteiger partial charge < -0.3 is 4.42 Å². The average molecular weight is 181 g/mol. The third kappa shape index (κ3) is 1.19. The molecular weight excluding hydrogens is 176 g/mol. The Kier molecular flexibility index (Phi) is 1.80. The van der Waals surface area contributed by atoms with Crippen LogP contribution in [0.4, 0.5) is 0 Å². The van der Waals surface area contributed by atoms with Gasteiger partial charge >= 0.3 is 0 Å². The molecule has 2 rings (SSSR count). The number of nitrogens with zero attached hydrogens (tertiary/aromatic N) is 2. The lowest BCUT2D eigenvalue weighted by molar-refractivity contribution is 0.568. The summed E-state index contributed by atoms with van der Waals surface area (Å²) in [7, 11) is 0. The van der Waals surface area contributed by atoms with Gasteiger partial charge in [0.1, 0.15) is 11.5 Å². The second-order valence-electron chi connectivity index (χ2n) is 2.24. The van der Waals surface area contributed by atoms with Crippen LogP contribution < -0.4 is 0 Å². The summed E-state index contributed by atoms with van der Waals surface area (Å²) in [6.45, 7) is 0. The smallest absolute Gasteiger partial charge is 0.140 e. The number of halogens is 1. The van der Waals surface area contributed by atoms with Gasteiger partial charge in [-0.3, -0.25) is 0 Å². The number of rotatable bonds is 1. The SMILES string of the molecule is Clc1ncncc1-c1ccoc1. The van der Waals surface area contributed by atoms with Crippen molar-refractivity contribution in [1.29, 1.82) is 0 Å². The maximum Gasteiger partial charge on any atom is 0.140 e. The van der Waals surface area contributed by atoms with Crippen LogP contribution in [0.25, 0.3) is 11.1 Å². The summed E-state index contributed by atoms with van der Waals surface area (Å²) in [6, 6.07) is 1.81. The Bertz CT molecular complexity index is 372. The van der Waals surface area contributed by atoms with Gasteiger partial charge in [0.05, 0.1) is 12.5 Å². The first-order valence-corrected chi connectivity index (χ1v) is 3.74. The lowest BCUT2D eigenvalue weighted by Gasteiger charge is -1.96. The first kappa shape index (κ1) is 7.31. The van der Waals surface area contributed by atoms with Crippen molar-refractivity contribution in [3.63, 3.8) is 0 Å². The fraction of sp³-hybridized carbons (Fsp3) is 0. The minimum atomic E-state index is 0.436. The lowest BCUT2D eigenvalue weighted by atomic mass is 10.2. The molecule has 0 saturated carbocycles. The van der Waals surface area contributed by atoms with Gasteiger partial charge in [0.25, 0.3) is 0 Å². The highest BCUT2D eigenvalue weighted by Crippen LogP contribution is 2.24. The van der Waals surface area contributed by atoms with Crippen LogP contribution in [0.1, 0.15) is 0 Å². The molecule has 3 nitrogen and oxygen atoms in total. The molecule has 0 fully saturated rings. The topological polar surface area (TPSA) is 38.9 Å². The summed E-state index contributed by atoms with van der Waals surface area (Å²) in [5.41, 5.74) is 1.67. The molecule has 0 radical (unpaired) electrons. The molecule has 2 aromatic rings. The molecule has 2 aromatic heterocycles. The van der Waals surface area contributed by atoms with E-state index in [0.717, 1.165) is 11.1 Å². The van der Waals surface area contributed by atoms with E-state index in [1.807, 2.05) is 6.07 Å². The zero-order valence-electron chi connectivity index (χ0n) is 6.07. The second-order valence-corrected chi connectivity index (χ2v) is 2.60. The Morgan fingerprint density at radius 3 is 3.00 bits per heavy atom. The van der Waals surface area contributed by atoms with Crippen molar-refractivity contribution >= 4 is 11.6 Å². The van der Waals surface area contributed by atoms with Gasteiger partial charge in [-0.15, -0.1) is 0 Å². The van der Waals surface area contributed by atoms with E-state index in [2.05, 4.69) is 9.97 Å². The summed E-state index contributed by atoms with van der Waals surface area (Å²) in [5, 5.41) is 0.436. The van der Waals surface area contributed by atoms with E-state index >= 15 is 0 Å². The van der Waals surface area contributed by atoms with Crippen molar-refractivity contribution in [1.82, 2.24) is 9.97 Å². The Morgan fingerprint density at radius 2 is 2.33 bits per heavy atom. The Hall–Kier alpha value is -1.35. The number of aromatic nitrogens is 2. The largest absolute Gasteiger partial charge is 0.472 e. The first-order valence-electron chi connectivity index (χ1n) is 3.36. The van der Waals surface area contributed by atoms with Crippen molar-refractivity contribution in [3.05, 3.63) is 36.3 Å². The second kappa shape index (κ2) is 2.95. The summed E-state index contributed by atoms with van der Waals surface area (Å²) in [6.07, 6.45) is 6.25. The van der Waals surface area contributed by atoms with Crippen molar-refractivity contribution in [2.24, 2.45) is 0 Å². The molecular formula is C8H5ClN2O. The quantitative estimate of drug-likeness (QED) is 0.633. The molecule has 12 heavy (non-hydrogen) atoms. The Balaban J connectivity index is 2.55. The van der Waals surface area contributed by atoms with Crippen LogP contribution in [0.2, 0.25) is 5.15 Å². The van der Waals surface area contributed by atoms with Crippen molar-refractivity contribution in [2.45, 2.75) is 0 Å². The van der Waals surface area contributed by atoms with Gasteiger partial charge in [-0.2, -0.15) is 0 Å².